The second kappa shape index (κ2) is 17.3. The van der Waals surface area contributed by atoms with Gasteiger partial charge in [0.15, 0.2) is 0 Å². The molecule has 2 aromatic rings. The number of methoxy groups -OCH3 is 1. The summed E-state index contributed by atoms with van der Waals surface area (Å²) in [4.78, 5) is 27.5. The van der Waals surface area contributed by atoms with Crippen LogP contribution in [0.25, 0.3) is 0 Å². The number of carboxylic acids is 1. The molecule has 12 nitrogen and oxygen atoms in total. The summed E-state index contributed by atoms with van der Waals surface area (Å²) < 4.78 is 38.4. The summed E-state index contributed by atoms with van der Waals surface area (Å²) in [6, 6.07) is 9.93. The van der Waals surface area contributed by atoms with Gasteiger partial charge in [0.1, 0.15) is 18.4 Å². The van der Waals surface area contributed by atoms with Gasteiger partial charge in [0.05, 0.1) is 12.0 Å². The molecule has 3 rings (SSSR count). The highest BCUT2D eigenvalue weighted by molar-refractivity contribution is 7.90. The number of carbonyl (C=O) groups is 2. The smallest absolute Gasteiger partial charge is 0.408 e. The molecule has 0 saturated heterocycles. The monoisotopic (exact) mass is 619 g/mol. The van der Waals surface area contributed by atoms with Crippen molar-refractivity contribution >= 4 is 28.0 Å². The number of ether oxygens (including phenoxy) is 2. The third-order valence-electron chi connectivity index (χ3n) is 7.09. The van der Waals surface area contributed by atoms with E-state index in [1.807, 2.05) is 6.07 Å². The summed E-state index contributed by atoms with van der Waals surface area (Å²) in [5.41, 5.74) is 13.9. The molecule has 0 aliphatic heterocycles. The number of sulfonamides is 1. The van der Waals surface area contributed by atoms with Crippen LogP contribution in [-0.4, -0.2) is 57.3 Å². The number of benzene rings is 2. The summed E-state index contributed by atoms with van der Waals surface area (Å²) in [6.45, 7) is 5.14. The SMILES string of the molecule is COc1cc(C)c(S(=O)(=O)NC(N)=NCCC[C@H](NC(=O)OCc2ccccc2)C(=O)O)c(C)c1C.NC1CCCCC1. The second-order valence-corrected chi connectivity index (χ2v) is 12.1. The molecule has 0 heterocycles. The number of nitrogens with zero attached hydrogens (tertiary/aromatic N) is 1. The Morgan fingerprint density at radius 2 is 1.74 bits per heavy atom. The fourth-order valence-electron chi connectivity index (χ4n) is 4.66. The van der Waals surface area contributed by atoms with Crippen molar-refractivity contribution in [1.82, 2.24) is 10.0 Å². The molecule has 0 spiro atoms. The molecule has 0 aromatic heterocycles. The summed E-state index contributed by atoms with van der Waals surface area (Å²) in [6.07, 6.45) is 6.06. The molecule has 0 unspecified atom stereocenters. The second-order valence-electron chi connectivity index (χ2n) is 10.5. The van der Waals surface area contributed by atoms with Gasteiger partial charge >= 0.3 is 12.1 Å². The van der Waals surface area contributed by atoms with Crippen LogP contribution in [0.5, 0.6) is 5.75 Å². The van der Waals surface area contributed by atoms with Crippen molar-refractivity contribution in [2.24, 2.45) is 16.5 Å². The maximum absolute atomic E-state index is 12.9. The summed E-state index contributed by atoms with van der Waals surface area (Å²) >= 11 is 0. The Morgan fingerprint density at radius 1 is 1.09 bits per heavy atom. The summed E-state index contributed by atoms with van der Waals surface area (Å²) in [5, 5.41) is 11.7. The van der Waals surface area contributed by atoms with Gasteiger partial charge in [-0.3, -0.25) is 4.99 Å². The van der Waals surface area contributed by atoms with Gasteiger partial charge in [0, 0.05) is 12.6 Å². The zero-order chi connectivity index (χ0) is 32.0. The lowest BCUT2D eigenvalue weighted by Gasteiger charge is -2.17. The van der Waals surface area contributed by atoms with Gasteiger partial charge in [-0.1, -0.05) is 49.6 Å². The molecular formula is C30H45N5O7S. The zero-order valence-corrected chi connectivity index (χ0v) is 26.2. The van der Waals surface area contributed by atoms with Crippen LogP contribution in [0, 0.1) is 20.8 Å². The van der Waals surface area contributed by atoms with E-state index in [1.165, 1.54) is 39.2 Å². The predicted molar refractivity (Wildman–Crippen MR) is 165 cm³/mol. The fraction of sp³-hybridized carbons (Fsp3) is 0.500. The molecule has 7 N–H and O–H groups in total. The Hall–Kier alpha value is -3.84. The van der Waals surface area contributed by atoms with Crippen LogP contribution in [-0.2, 0) is 26.2 Å². The molecule has 238 valence electrons. The normalized spacial score (nSPS) is 14.6. The van der Waals surface area contributed by atoms with E-state index in [1.54, 1.807) is 51.1 Å². The first-order valence-corrected chi connectivity index (χ1v) is 15.8. The number of carboxylic acid groups (broad SMARTS) is 1. The Kier molecular flexibility index (Phi) is 14.2. The number of carbonyl (C=O) groups excluding carboxylic acids is 1. The number of amides is 1. The average Bonchev–Trinajstić information content (AvgIpc) is 2.96. The third kappa shape index (κ3) is 11.8. The molecule has 43 heavy (non-hydrogen) atoms. The molecule has 2 aromatic carbocycles. The van der Waals surface area contributed by atoms with E-state index in [0.717, 1.165) is 5.56 Å². The maximum Gasteiger partial charge on any atom is 0.408 e. The van der Waals surface area contributed by atoms with Gasteiger partial charge in [-0.15, -0.1) is 0 Å². The number of aryl methyl sites for hydroxylation is 1. The Bertz CT molecular complexity index is 1340. The topological polar surface area (TPSA) is 195 Å². The number of nitrogens with two attached hydrogens (primary N) is 2. The lowest BCUT2D eigenvalue weighted by Crippen LogP contribution is -2.41. The Labute approximate surface area is 254 Å². The standard InChI is InChI=1S/C24H32N4O7S.C6H13N/c1-15-13-20(34-4)16(2)17(3)21(15)36(32,33)28-23(25)26-12-8-11-19(22(29)30)27-24(31)35-14-18-9-6-5-7-10-18;7-6-4-2-1-3-5-6/h5-7,9-10,13,19H,8,11-12,14H2,1-4H3,(H,27,31)(H,29,30)(H3,25,26,28);6H,1-5,7H2/t19-;/m0./s1. The van der Waals surface area contributed by atoms with Gasteiger partial charge in [0.2, 0.25) is 5.96 Å². The van der Waals surface area contributed by atoms with Gasteiger partial charge in [0.25, 0.3) is 10.0 Å². The van der Waals surface area contributed by atoms with Gasteiger partial charge in [-0.05, 0) is 74.8 Å². The van der Waals surface area contributed by atoms with Crippen LogP contribution in [0.4, 0.5) is 4.79 Å². The lowest BCUT2D eigenvalue weighted by atomic mass is 9.97. The summed E-state index contributed by atoms with van der Waals surface area (Å²) in [5.74, 6) is -0.981. The van der Waals surface area contributed by atoms with E-state index >= 15 is 0 Å². The van der Waals surface area contributed by atoms with Crippen LogP contribution in [0.1, 0.15) is 67.2 Å². The predicted octanol–water partition coefficient (Wildman–Crippen LogP) is 3.65. The highest BCUT2D eigenvalue weighted by Crippen LogP contribution is 2.30. The number of guanidine groups is 1. The van der Waals surface area contributed by atoms with Crippen molar-refractivity contribution in [3.8, 4) is 5.75 Å². The molecule has 1 aliphatic rings. The van der Waals surface area contributed by atoms with E-state index < -0.39 is 28.1 Å². The Balaban J connectivity index is 0.000000804. The van der Waals surface area contributed by atoms with Gasteiger partial charge in [-0.2, -0.15) is 0 Å². The van der Waals surface area contributed by atoms with E-state index in [9.17, 15) is 23.1 Å². The highest BCUT2D eigenvalue weighted by Gasteiger charge is 2.24. The first kappa shape index (κ1) is 35.4. The van der Waals surface area contributed by atoms with Crippen LogP contribution < -0.4 is 26.2 Å². The number of hydrogen-bond acceptors (Lipinski definition) is 8. The van der Waals surface area contributed by atoms with Crippen molar-refractivity contribution in [1.29, 1.82) is 0 Å². The zero-order valence-electron chi connectivity index (χ0n) is 25.4. The average molecular weight is 620 g/mol. The minimum Gasteiger partial charge on any atom is -0.496 e. The van der Waals surface area contributed by atoms with E-state index in [2.05, 4.69) is 15.0 Å². The third-order valence-corrected chi connectivity index (χ3v) is 8.74. The van der Waals surface area contributed by atoms with E-state index in [4.69, 9.17) is 20.9 Å². The number of aliphatic carboxylic acids is 1. The van der Waals surface area contributed by atoms with Crippen LogP contribution >= 0.6 is 0 Å². The quantitative estimate of drug-likeness (QED) is 0.142. The van der Waals surface area contributed by atoms with Crippen molar-refractivity contribution in [2.45, 2.75) is 89.3 Å². The highest BCUT2D eigenvalue weighted by atomic mass is 32.2. The van der Waals surface area contributed by atoms with Crippen LogP contribution in [0.3, 0.4) is 0 Å². The molecule has 1 amide bonds. The molecule has 0 bridgehead atoms. The molecule has 1 saturated carbocycles. The molecule has 1 aliphatic carbocycles. The maximum atomic E-state index is 12.9. The fourth-order valence-corrected chi connectivity index (χ4v) is 6.14. The minimum atomic E-state index is -4.01. The van der Waals surface area contributed by atoms with Crippen molar-refractivity contribution < 1.29 is 32.6 Å². The number of aliphatic imine (C=N–C) groups is 1. The molecule has 1 fully saturated rings. The molecule has 1 atom stereocenters. The summed E-state index contributed by atoms with van der Waals surface area (Å²) in [7, 11) is -2.50. The molecule has 13 heteroatoms. The van der Waals surface area contributed by atoms with Crippen molar-refractivity contribution in [3.63, 3.8) is 0 Å². The number of rotatable bonds is 11. The van der Waals surface area contributed by atoms with Crippen molar-refractivity contribution in [3.05, 3.63) is 58.7 Å². The minimum absolute atomic E-state index is 0.00660. The first-order valence-electron chi connectivity index (χ1n) is 14.3. The largest absolute Gasteiger partial charge is 0.496 e. The molecule has 0 radical (unpaired) electrons. The number of alkyl carbamates (subject to hydrolysis) is 1. The molecular weight excluding hydrogens is 574 g/mol. The Morgan fingerprint density at radius 3 is 2.30 bits per heavy atom. The number of hydrogen-bond donors (Lipinski definition) is 5. The number of nitrogens with one attached hydrogen (secondary N) is 2. The van der Waals surface area contributed by atoms with Crippen LogP contribution in [0.2, 0.25) is 0 Å². The van der Waals surface area contributed by atoms with E-state index in [-0.39, 0.29) is 36.8 Å². The van der Waals surface area contributed by atoms with Crippen LogP contribution in [0.15, 0.2) is 46.3 Å². The van der Waals surface area contributed by atoms with Crippen molar-refractivity contribution in [2.75, 3.05) is 13.7 Å². The first-order chi connectivity index (χ1) is 20.4. The van der Waals surface area contributed by atoms with E-state index in [0.29, 0.717) is 28.5 Å². The van der Waals surface area contributed by atoms with Gasteiger partial charge in [-0.25, -0.2) is 22.7 Å². The van der Waals surface area contributed by atoms with Gasteiger partial charge < -0.3 is 31.4 Å². The lowest BCUT2D eigenvalue weighted by molar-refractivity contribution is -0.139.